The molecule has 2 aliphatic rings. The number of benzene rings is 2. The van der Waals surface area contributed by atoms with Crippen molar-refractivity contribution in [1.29, 1.82) is 0 Å². The van der Waals surface area contributed by atoms with Crippen molar-refractivity contribution in [2.24, 2.45) is 0 Å². The molecule has 2 heterocycles. The van der Waals surface area contributed by atoms with Crippen molar-refractivity contribution in [3.05, 3.63) is 47.5 Å². The molecule has 15 heteroatoms. The van der Waals surface area contributed by atoms with Crippen LogP contribution in [-0.2, 0) is 29.5 Å². The second-order valence-corrected chi connectivity index (χ2v) is 15.3. The minimum absolute atomic E-state index is 0.0844. The first-order chi connectivity index (χ1) is 22.7. The fourth-order valence-corrected chi connectivity index (χ4v) is 6.21. The largest absolute Gasteiger partial charge is 0.501 e. The van der Waals surface area contributed by atoms with Crippen molar-refractivity contribution in [2.75, 3.05) is 23.7 Å². The van der Waals surface area contributed by atoms with Gasteiger partial charge in [-0.1, -0.05) is 12.1 Å². The number of likely N-dealkylation sites (tertiary alicyclic amines) is 2. The van der Waals surface area contributed by atoms with Crippen LogP contribution >= 0.6 is 0 Å². The molecule has 0 radical (unpaired) electrons. The van der Waals surface area contributed by atoms with Crippen LogP contribution in [0.1, 0.15) is 78.4 Å². The lowest BCUT2D eigenvalue weighted by atomic mass is 10.1. The average Bonchev–Trinajstić information content (AvgIpc) is 3.65. The van der Waals surface area contributed by atoms with Gasteiger partial charge in [0.05, 0.1) is 0 Å². The summed E-state index contributed by atoms with van der Waals surface area (Å²) in [6.07, 6.45) is 0.992. The molecule has 2 aliphatic heterocycles. The van der Waals surface area contributed by atoms with Crippen molar-refractivity contribution in [2.45, 2.75) is 104 Å². The highest BCUT2D eigenvalue weighted by molar-refractivity contribution is 7.82. The number of anilines is 2. The Morgan fingerprint density at radius 1 is 0.673 bits per heavy atom. The fraction of sp³-hybridized carbons (Fsp3) is 0.529. The van der Waals surface area contributed by atoms with Crippen molar-refractivity contribution >= 4 is 45.8 Å². The summed E-state index contributed by atoms with van der Waals surface area (Å²) in [5.41, 5.74) is -0.0247. The number of carbonyl (C=O) groups is 4. The van der Waals surface area contributed by atoms with Crippen LogP contribution < -0.4 is 19.0 Å². The SMILES string of the molecule is Cc1ccc(NC(=O)[C@H]2CCCN2C(=O)OC(C)(C)C)cc1OS(=O)(=O)Oc1cc(NC(=O)[C@@H]2CCCN2C(=O)OC(C)(C)C)ccc1C. The summed E-state index contributed by atoms with van der Waals surface area (Å²) >= 11 is 0. The molecule has 0 spiro atoms. The van der Waals surface area contributed by atoms with Gasteiger partial charge in [0.25, 0.3) is 0 Å². The Hall–Kier alpha value is -4.53. The third kappa shape index (κ3) is 10.2. The summed E-state index contributed by atoms with van der Waals surface area (Å²) in [6.45, 7) is 14.5. The molecule has 2 aromatic rings. The van der Waals surface area contributed by atoms with Gasteiger partial charge in [-0.3, -0.25) is 19.4 Å². The highest BCUT2D eigenvalue weighted by Gasteiger charge is 2.38. The van der Waals surface area contributed by atoms with E-state index in [1.54, 1.807) is 79.7 Å². The summed E-state index contributed by atoms with van der Waals surface area (Å²) in [5.74, 6) is -1.06. The van der Waals surface area contributed by atoms with Gasteiger partial charge >= 0.3 is 22.6 Å². The number of rotatable bonds is 8. The number of ether oxygens (including phenoxy) is 2. The van der Waals surface area contributed by atoms with Gasteiger partial charge in [-0.15, -0.1) is 8.42 Å². The summed E-state index contributed by atoms with van der Waals surface area (Å²) < 4.78 is 47.7. The van der Waals surface area contributed by atoms with E-state index in [2.05, 4.69) is 10.6 Å². The predicted molar refractivity (Wildman–Crippen MR) is 182 cm³/mol. The normalized spacial score (nSPS) is 18.1. The van der Waals surface area contributed by atoms with Gasteiger partial charge in [0.15, 0.2) is 11.5 Å². The van der Waals surface area contributed by atoms with Gasteiger partial charge in [0.1, 0.15) is 23.3 Å². The molecule has 2 saturated heterocycles. The van der Waals surface area contributed by atoms with E-state index < -0.39 is 57.7 Å². The van der Waals surface area contributed by atoms with Crippen molar-refractivity contribution < 1.29 is 45.4 Å². The van der Waals surface area contributed by atoms with Crippen LogP contribution in [0.5, 0.6) is 11.5 Å². The Bertz CT molecular complexity index is 1580. The molecular weight excluding hydrogens is 656 g/mol. The number of hydrogen-bond acceptors (Lipinski definition) is 10. The van der Waals surface area contributed by atoms with E-state index >= 15 is 0 Å². The van der Waals surface area contributed by atoms with Gasteiger partial charge in [-0.2, -0.15) is 0 Å². The maximum absolute atomic E-state index is 13.2. The van der Waals surface area contributed by atoms with Crippen molar-refractivity contribution in [3.8, 4) is 11.5 Å². The minimum Gasteiger partial charge on any atom is -0.444 e. The Labute approximate surface area is 287 Å². The standard InChI is InChI=1S/C34H46N4O10S/c1-21-13-15-23(35-29(39)25-11-9-17-37(25)31(41)45-33(3,4)5)19-27(21)47-49(43,44)48-28-20-24(16-14-22(28)2)36-30(40)26-12-10-18-38(26)32(42)46-34(6,7)8/h13-16,19-20,25-26H,9-12,17-18H2,1-8H3,(H,35,39)(H,36,40)/t25-,26+. The first-order valence-corrected chi connectivity index (χ1v) is 17.5. The molecule has 268 valence electrons. The molecule has 49 heavy (non-hydrogen) atoms. The zero-order valence-electron chi connectivity index (χ0n) is 29.2. The Kier molecular flexibility index (Phi) is 11.1. The molecule has 2 fully saturated rings. The molecule has 0 bridgehead atoms. The van der Waals surface area contributed by atoms with Gasteiger partial charge in [0, 0.05) is 36.6 Å². The van der Waals surface area contributed by atoms with Crippen LogP contribution in [0.25, 0.3) is 0 Å². The van der Waals surface area contributed by atoms with Gasteiger partial charge in [-0.05, 0) is 104 Å². The smallest absolute Gasteiger partial charge is 0.444 e. The molecule has 2 atom stereocenters. The van der Waals surface area contributed by atoms with Gasteiger partial charge in [-0.25, -0.2) is 9.59 Å². The van der Waals surface area contributed by atoms with E-state index in [9.17, 15) is 27.6 Å². The quantitative estimate of drug-likeness (QED) is 0.349. The van der Waals surface area contributed by atoms with E-state index in [0.29, 0.717) is 49.9 Å². The molecule has 14 nitrogen and oxygen atoms in total. The minimum atomic E-state index is -4.69. The van der Waals surface area contributed by atoms with Gasteiger partial charge in [0.2, 0.25) is 11.8 Å². The first kappa shape index (κ1) is 37.3. The van der Waals surface area contributed by atoms with Gasteiger partial charge < -0.3 is 28.5 Å². The summed E-state index contributed by atoms with van der Waals surface area (Å²) in [4.78, 5) is 54.4. The number of hydrogen-bond donors (Lipinski definition) is 2. The monoisotopic (exact) mass is 702 g/mol. The predicted octanol–water partition coefficient (Wildman–Crippen LogP) is 5.68. The summed E-state index contributed by atoms with van der Waals surface area (Å²) in [6, 6.07) is 7.52. The van der Waals surface area contributed by atoms with E-state index in [-0.39, 0.29) is 22.9 Å². The van der Waals surface area contributed by atoms with Crippen LogP contribution in [0.2, 0.25) is 0 Å². The molecule has 2 aromatic carbocycles. The number of carbonyl (C=O) groups excluding carboxylic acids is 4. The third-order valence-corrected chi connectivity index (χ3v) is 8.43. The Morgan fingerprint density at radius 2 is 1.04 bits per heavy atom. The second kappa shape index (κ2) is 14.5. The average molecular weight is 703 g/mol. The van der Waals surface area contributed by atoms with E-state index in [1.807, 2.05) is 0 Å². The van der Waals surface area contributed by atoms with Crippen molar-refractivity contribution in [3.63, 3.8) is 0 Å². The number of nitrogens with one attached hydrogen (secondary N) is 2. The highest BCUT2D eigenvalue weighted by Crippen LogP contribution is 2.30. The molecule has 0 aliphatic carbocycles. The van der Waals surface area contributed by atoms with Crippen LogP contribution in [-0.4, -0.2) is 78.6 Å². The topological polar surface area (TPSA) is 170 Å². The zero-order valence-corrected chi connectivity index (χ0v) is 30.1. The Balaban J connectivity index is 1.42. The first-order valence-electron chi connectivity index (χ1n) is 16.2. The van der Waals surface area contributed by atoms with Crippen molar-refractivity contribution in [1.82, 2.24) is 9.80 Å². The lowest BCUT2D eigenvalue weighted by Crippen LogP contribution is -2.45. The van der Waals surface area contributed by atoms with Crippen LogP contribution in [0.4, 0.5) is 21.0 Å². The second-order valence-electron chi connectivity index (χ2n) is 14.2. The molecular formula is C34H46N4O10S. The number of amides is 4. The van der Waals surface area contributed by atoms with Crippen LogP contribution in [0.3, 0.4) is 0 Å². The number of aryl methyl sites for hydroxylation is 2. The molecule has 0 aromatic heterocycles. The lowest BCUT2D eigenvalue weighted by Gasteiger charge is -2.28. The molecule has 0 saturated carbocycles. The lowest BCUT2D eigenvalue weighted by molar-refractivity contribution is -0.121. The van der Waals surface area contributed by atoms with Crippen LogP contribution in [0.15, 0.2) is 36.4 Å². The highest BCUT2D eigenvalue weighted by atomic mass is 32.3. The van der Waals surface area contributed by atoms with E-state index in [0.717, 1.165) is 0 Å². The van der Waals surface area contributed by atoms with Crippen LogP contribution in [0, 0.1) is 13.8 Å². The molecule has 2 N–H and O–H groups in total. The number of nitrogens with zero attached hydrogens (tertiary/aromatic N) is 2. The molecule has 4 rings (SSSR count). The Morgan fingerprint density at radius 3 is 1.39 bits per heavy atom. The third-order valence-electron chi connectivity index (χ3n) is 7.66. The zero-order chi connectivity index (χ0) is 36.3. The maximum atomic E-state index is 13.2. The molecule has 0 unspecified atom stereocenters. The summed E-state index contributed by atoms with van der Waals surface area (Å²) in [5, 5.41) is 5.47. The van der Waals surface area contributed by atoms with E-state index in [4.69, 9.17) is 17.8 Å². The fourth-order valence-electron chi connectivity index (χ4n) is 5.38. The maximum Gasteiger partial charge on any atom is 0.501 e. The summed E-state index contributed by atoms with van der Waals surface area (Å²) in [7, 11) is -4.69. The van der Waals surface area contributed by atoms with E-state index in [1.165, 1.54) is 21.9 Å². The molecule has 4 amide bonds.